The number of para-hydroxylation sites is 1. The maximum atomic E-state index is 11.1. The van der Waals surface area contributed by atoms with Gasteiger partial charge in [0.05, 0.1) is 28.9 Å². The van der Waals surface area contributed by atoms with Crippen molar-refractivity contribution in [2.45, 2.75) is 13.0 Å². The first kappa shape index (κ1) is 23.4. The Kier molecular flexibility index (Phi) is 6.58. The molecule has 10 heteroatoms. The average Bonchev–Trinajstić information content (AvgIpc) is 3.52. The lowest BCUT2D eigenvalue weighted by Gasteiger charge is -2.34. The predicted octanol–water partition coefficient (Wildman–Crippen LogP) is 2.46. The summed E-state index contributed by atoms with van der Waals surface area (Å²) < 4.78 is 8.85. The molecule has 9 nitrogen and oxygen atoms in total. The number of piperazine rings is 1. The van der Waals surface area contributed by atoms with Crippen LogP contribution in [0.25, 0.3) is 27.1 Å². The van der Waals surface area contributed by atoms with Gasteiger partial charge in [-0.2, -0.15) is 4.98 Å². The lowest BCUT2D eigenvalue weighted by molar-refractivity contribution is -0.118. The maximum Gasteiger partial charge on any atom is 0.236 e. The van der Waals surface area contributed by atoms with Crippen molar-refractivity contribution in [2.75, 3.05) is 63.9 Å². The Balaban J connectivity index is 1.28. The van der Waals surface area contributed by atoms with Gasteiger partial charge in [-0.05, 0) is 18.2 Å². The number of thiophene rings is 1. The lowest BCUT2D eigenvalue weighted by Crippen LogP contribution is -2.46. The van der Waals surface area contributed by atoms with Gasteiger partial charge >= 0.3 is 0 Å². The molecule has 2 N–H and O–H groups in total. The summed E-state index contributed by atoms with van der Waals surface area (Å²) in [6.45, 7) is 8.62. The second kappa shape index (κ2) is 10.1. The largest absolute Gasteiger partial charge is 0.378 e. The number of rotatable bonds is 7. The number of primary amides is 1. The van der Waals surface area contributed by atoms with Crippen molar-refractivity contribution in [1.29, 1.82) is 0 Å². The van der Waals surface area contributed by atoms with Gasteiger partial charge in [0.25, 0.3) is 0 Å². The monoisotopic (exact) mass is 505 g/mol. The van der Waals surface area contributed by atoms with E-state index in [0.29, 0.717) is 25.6 Å². The number of hydrogen-bond donors (Lipinski definition) is 1. The molecule has 6 rings (SSSR count). The number of amides is 1. The van der Waals surface area contributed by atoms with Gasteiger partial charge in [0, 0.05) is 75.2 Å². The second-order valence-corrected chi connectivity index (χ2v) is 10.6. The van der Waals surface area contributed by atoms with Crippen molar-refractivity contribution in [3.05, 3.63) is 47.5 Å². The first-order chi connectivity index (χ1) is 17.6. The van der Waals surface area contributed by atoms with E-state index < -0.39 is 0 Å². The topological polar surface area (TPSA) is 92.8 Å². The van der Waals surface area contributed by atoms with Gasteiger partial charge in [-0.25, -0.2) is 4.98 Å². The zero-order valence-electron chi connectivity index (χ0n) is 20.3. The molecule has 188 valence electrons. The van der Waals surface area contributed by atoms with E-state index in [0.717, 1.165) is 73.9 Å². The number of fused-ring (bicyclic) bond motifs is 2. The number of nitrogens with zero attached hydrogens (tertiary/aromatic N) is 6. The van der Waals surface area contributed by atoms with Crippen LogP contribution in [0.15, 0.2) is 42.6 Å². The van der Waals surface area contributed by atoms with E-state index in [-0.39, 0.29) is 5.91 Å². The molecule has 2 aliphatic rings. The van der Waals surface area contributed by atoms with Crippen LogP contribution in [0.2, 0.25) is 0 Å². The van der Waals surface area contributed by atoms with Gasteiger partial charge in [0.1, 0.15) is 0 Å². The van der Waals surface area contributed by atoms with Crippen molar-refractivity contribution >= 4 is 44.2 Å². The third-order valence-corrected chi connectivity index (χ3v) is 8.14. The number of aromatic nitrogens is 3. The molecule has 0 saturated carbocycles. The molecule has 1 aromatic carbocycles. The number of anilines is 1. The summed E-state index contributed by atoms with van der Waals surface area (Å²) >= 11 is 1.80. The molecule has 5 heterocycles. The van der Waals surface area contributed by atoms with Gasteiger partial charge in [-0.1, -0.05) is 18.2 Å². The van der Waals surface area contributed by atoms with Crippen molar-refractivity contribution < 1.29 is 9.53 Å². The molecule has 36 heavy (non-hydrogen) atoms. The fourth-order valence-electron chi connectivity index (χ4n) is 5.04. The summed E-state index contributed by atoms with van der Waals surface area (Å²) in [7, 11) is 0. The minimum absolute atomic E-state index is 0.229. The van der Waals surface area contributed by atoms with Crippen LogP contribution in [-0.4, -0.2) is 89.3 Å². The summed E-state index contributed by atoms with van der Waals surface area (Å²) in [5, 5.41) is 1.18. The van der Waals surface area contributed by atoms with Gasteiger partial charge < -0.3 is 20.3 Å². The highest BCUT2D eigenvalue weighted by Crippen LogP contribution is 2.34. The minimum Gasteiger partial charge on any atom is -0.378 e. The van der Waals surface area contributed by atoms with Crippen LogP contribution < -0.4 is 10.6 Å². The van der Waals surface area contributed by atoms with E-state index in [2.05, 4.69) is 61.9 Å². The summed E-state index contributed by atoms with van der Waals surface area (Å²) in [6.07, 6.45) is 2.48. The Labute approximate surface area is 214 Å². The van der Waals surface area contributed by atoms with Crippen molar-refractivity contribution in [2.24, 2.45) is 5.73 Å². The summed E-state index contributed by atoms with van der Waals surface area (Å²) in [6, 6.07) is 12.7. The predicted molar refractivity (Wildman–Crippen MR) is 143 cm³/mol. The number of morpholine rings is 1. The van der Waals surface area contributed by atoms with Crippen molar-refractivity contribution in [3.63, 3.8) is 0 Å². The molecule has 0 radical (unpaired) electrons. The van der Waals surface area contributed by atoms with Gasteiger partial charge in [-0.15, -0.1) is 11.3 Å². The Bertz CT molecular complexity index is 1370. The Hall–Kier alpha value is -3.05. The molecule has 0 unspecified atom stereocenters. The van der Waals surface area contributed by atoms with Crippen LogP contribution in [0.4, 0.5) is 5.82 Å². The fourth-order valence-corrected chi connectivity index (χ4v) is 6.20. The molecule has 0 bridgehead atoms. The highest BCUT2D eigenvalue weighted by molar-refractivity contribution is 7.19. The maximum absolute atomic E-state index is 11.1. The highest BCUT2D eigenvalue weighted by atomic mass is 32.1. The second-order valence-electron chi connectivity index (χ2n) is 9.45. The molecule has 3 aromatic heterocycles. The molecule has 2 fully saturated rings. The summed E-state index contributed by atoms with van der Waals surface area (Å²) in [5.41, 5.74) is 7.42. The molecular weight excluding hydrogens is 474 g/mol. The van der Waals surface area contributed by atoms with Gasteiger partial charge in [-0.3, -0.25) is 14.3 Å². The molecule has 4 aromatic rings. The van der Waals surface area contributed by atoms with Gasteiger partial charge in [0.2, 0.25) is 11.9 Å². The van der Waals surface area contributed by atoms with E-state index in [1.54, 1.807) is 11.3 Å². The number of ether oxygens (including phenoxy) is 1. The van der Waals surface area contributed by atoms with Crippen LogP contribution in [0.3, 0.4) is 0 Å². The smallest absolute Gasteiger partial charge is 0.236 e. The van der Waals surface area contributed by atoms with Crippen LogP contribution in [0.1, 0.15) is 11.3 Å². The SMILES string of the molecule is NC(=O)CCN1CCN(Cc2cc3nc(-n4ccc5ccccc54)nc(N4CCOCC4)c3s2)CC1. The third kappa shape index (κ3) is 4.81. The normalized spacial score (nSPS) is 17.8. The Morgan fingerprint density at radius 2 is 1.78 bits per heavy atom. The average molecular weight is 506 g/mol. The number of nitrogens with two attached hydrogens (primary N) is 1. The van der Waals surface area contributed by atoms with Crippen LogP contribution in [0.5, 0.6) is 0 Å². The van der Waals surface area contributed by atoms with E-state index in [1.807, 2.05) is 0 Å². The number of hydrogen-bond acceptors (Lipinski definition) is 8. The zero-order chi connectivity index (χ0) is 24.5. The fraction of sp³-hybridized carbons (Fsp3) is 0.423. The lowest BCUT2D eigenvalue weighted by atomic mass is 10.2. The van der Waals surface area contributed by atoms with Crippen molar-refractivity contribution in [1.82, 2.24) is 24.3 Å². The minimum atomic E-state index is -0.229. The first-order valence-corrected chi connectivity index (χ1v) is 13.4. The summed E-state index contributed by atoms with van der Waals surface area (Å²) in [5.74, 6) is 1.48. The Morgan fingerprint density at radius 3 is 2.58 bits per heavy atom. The Morgan fingerprint density at radius 1 is 1.00 bits per heavy atom. The molecule has 0 aliphatic carbocycles. The molecule has 1 amide bonds. The summed E-state index contributed by atoms with van der Waals surface area (Å²) in [4.78, 5) is 29.7. The molecular formula is C26H31N7O2S. The molecule has 2 saturated heterocycles. The first-order valence-electron chi connectivity index (χ1n) is 12.6. The van der Waals surface area contributed by atoms with E-state index in [9.17, 15) is 4.79 Å². The van der Waals surface area contributed by atoms with Crippen LogP contribution in [0, 0.1) is 0 Å². The zero-order valence-corrected chi connectivity index (χ0v) is 21.1. The quantitative estimate of drug-likeness (QED) is 0.412. The number of carbonyl (C=O) groups is 1. The highest BCUT2D eigenvalue weighted by Gasteiger charge is 2.22. The standard InChI is InChI=1S/C26H31N7O2S/c27-23(34)6-7-30-9-11-31(12-10-30)18-20-17-21-24(36-20)25(32-13-15-35-16-14-32)29-26(28-21)33-8-5-19-3-1-2-4-22(19)33/h1-5,8,17H,6-7,9-16,18H2,(H2,27,34). The number of carbonyl (C=O) groups excluding carboxylic acids is 1. The molecule has 0 atom stereocenters. The van der Waals surface area contributed by atoms with Crippen LogP contribution >= 0.6 is 11.3 Å². The molecule has 0 spiro atoms. The molecule has 2 aliphatic heterocycles. The third-order valence-electron chi connectivity index (χ3n) is 7.04. The van der Waals surface area contributed by atoms with E-state index >= 15 is 0 Å². The van der Waals surface area contributed by atoms with E-state index in [4.69, 9.17) is 20.4 Å². The van der Waals surface area contributed by atoms with Crippen LogP contribution in [-0.2, 0) is 16.1 Å². The van der Waals surface area contributed by atoms with Crippen molar-refractivity contribution in [3.8, 4) is 5.95 Å². The van der Waals surface area contributed by atoms with E-state index in [1.165, 1.54) is 10.3 Å². The number of benzene rings is 1. The van der Waals surface area contributed by atoms with Gasteiger partial charge in [0.15, 0.2) is 5.82 Å².